The van der Waals surface area contributed by atoms with E-state index in [1.807, 2.05) is 58.3 Å². The molecular weight excluding hydrogens is 1180 g/mol. The van der Waals surface area contributed by atoms with Gasteiger partial charge in [-0.3, -0.25) is 67.2 Å². The van der Waals surface area contributed by atoms with E-state index in [0.29, 0.717) is 22.0 Å². The van der Waals surface area contributed by atoms with Crippen molar-refractivity contribution in [3.8, 4) is 30.4 Å². The van der Waals surface area contributed by atoms with Gasteiger partial charge in [0.05, 0.1) is 48.2 Å². The normalized spacial score (nSPS) is 19.9. The molecule has 492 valence electrons. The van der Waals surface area contributed by atoms with Crippen LogP contribution in [0.25, 0.3) is 0 Å². The number of ether oxygens (including phenoxy) is 2. The molecule has 2 heterocycles. The largest absolute Gasteiger partial charge is 0.481 e. The van der Waals surface area contributed by atoms with Crippen LogP contribution in [0.15, 0.2) is 23.6 Å². The van der Waals surface area contributed by atoms with Crippen LogP contribution in [0.2, 0.25) is 0 Å². The fourth-order valence-corrected chi connectivity index (χ4v) is 10.6. The molecule has 5 N–H and O–H groups in total. The molecule has 0 saturated heterocycles. The minimum absolute atomic E-state index is 0.0173. The van der Waals surface area contributed by atoms with Gasteiger partial charge < -0.3 is 40.7 Å². The number of thiazole rings is 1. The van der Waals surface area contributed by atoms with Gasteiger partial charge in [0, 0.05) is 81.8 Å². The van der Waals surface area contributed by atoms with Gasteiger partial charge in [-0.05, 0) is 96.0 Å². The Hall–Kier alpha value is -8.36. The predicted octanol–water partition coefficient (Wildman–Crippen LogP) is 4.71. The molecule has 3 rings (SSSR count). The maximum absolute atomic E-state index is 14.5. The van der Waals surface area contributed by atoms with Gasteiger partial charge in [0.1, 0.15) is 10.7 Å². The molecular formula is C64H89N9O16S. The molecule has 0 bridgehead atoms. The minimum atomic E-state index is -1.18. The Morgan fingerprint density at radius 2 is 1.40 bits per heavy atom. The summed E-state index contributed by atoms with van der Waals surface area (Å²) in [5.41, 5.74) is -0.626. The van der Waals surface area contributed by atoms with Crippen molar-refractivity contribution >= 4 is 93.6 Å². The zero-order valence-electron chi connectivity index (χ0n) is 54.3. The van der Waals surface area contributed by atoms with E-state index in [1.165, 1.54) is 65.1 Å². The number of hydrazine groups is 1. The number of ketones is 3. The fraction of sp³-hybridized carbons (Fsp3) is 0.594. The Labute approximate surface area is 531 Å². The van der Waals surface area contributed by atoms with Gasteiger partial charge in [0.2, 0.25) is 23.6 Å². The van der Waals surface area contributed by atoms with E-state index in [4.69, 9.17) is 22.3 Å². The molecule has 0 spiro atoms. The van der Waals surface area contributed by atoms with Crippen LogP contribution in [0.3, 0.4) is 0 Å². The van der Waals surface area contributed by atoms with Crippen LogP contribution >= 0.6 is 11.3 Å². The second-order valence-electron chi connectivity index (χ2n) is 24.2. The molecule has 0 aliphatic carbocycles. The summed E-state index contributed by atoms with van der Waals surface area (Å²) >= 11 is 1.04. The highest BCUT2D eigenvalue weighted by Crippen LogP contribution is 2.34. The summed E-state index contributed by atoms with van der Waals surface area (Å²) in [6, 6.07) is 0.457. The number of Topliss-reactive ketones (excluding diaryl/α,β-unsaturated/α-hetero) is 3. The Kier molecular flexibility index (Phi) is 29.1. The second-order valence-corrected chi connectivity index (χ2v) is 25.1. The van der Waals surface area contributed by atoms with Gasteiger partial charge in [-0.15, -0.1) is 24.2 Å². The first-order valence-corrected chi connectivity index (χ1v) is 30.8. The highest BCUT2D eigenvalue weighted by atomic mass is 32.1. The zero-order valence-corrected chi connectivity index (χ0v) is 55.1. The number of nitrogens with zero attached hydrogens (tertiary/aromatic N) is 5. The fourth-order valence-electron chi connectivity index (χ4n) is 9.75. The highest BCUT2D eigenvalue weighted by molar-refractivity contribution is 7.09. The van der Waals surface area contributed by atoms with Crippen LogP contribution in [0.4, 0.5) is 5.69 Å². The smallest absolute Gasteiger partial charge is 0.316 e. The number of hydrogen-bond acceptors (Lipinski definition) is 18. The van der Waals surface area contributed by atoms with E-state index < -0.39 is 163 Å². The SMILES string of the molecule is C#CC(=O)N1CCC(=O)NC(C)C(=O)CC(C)C(=O)Nc2cc(C[C@@H](CC(C)C(=O)O)NC(=O)c3csc([C@@H](C[C@H](C(C)C)N(C)C(=O)[C@@H](CC(=O)C(C)(C)N(C)C)[C@@H](C)CC)OC(C)=O)n3)ccc2OC(=O)C(C)CC(=O)C(C)NC(=O)CCN1C(=O)C#C. The number of fused-ring (bicyclic) bond motifs is 1. The van der Waals surface area contributed by atoms with Crippen molar-refractivity contribution in [2.24, 2.45) is 35.5 Å². The Balaban J connectivity index is 2.03. The molecule has 0 fully saturated rings. The van der Waals surface area contributed by atoms with Crippen LogP contribution in [-0.4, -0.2) is 170 Å². The first-order valence-electron chi connectivity index (χ1n) is 30.0. The third kappa shape index (κ3) is 22.0. The summed E-state index contributed by atoms with van der Waals surface area (Å²) in [5.74, 6) is -10.2. The van der Waals surface area contributed by atoms with Crippen molar-refractivity contribution in [1.29, 1.82) is 0 Å². The van der Waals surface area contributed by atoms with Crippen molar-refractivity contribution in [3.05, 3.63) is 39.8 Å². The Morgan fingerprint density at radius 1 is 0.856 bits per heavy atom. The van der Waals surface area contributed by atoms with Crippen LogP contribution < -0.4 is 26.0 Å². The number of likely N-dealkylation sites (N-methyl/N-ethyl adjacent to an activating group) is 1. The van der Waals surface area contributed by atoms with E-state index >= 15 is 0 Å². The van der Waals surface area contributed by atoms with Crippen molar-refractivity contribution < 1.29 is 76.9 Å². The van der Waals surface area contributed by atoms with Gasteiger partial charge in [0.15, 0.2) is 29.2 Å². The van der Waals surface area contributed by atoms with Gasteiger partial charge in [-0.2, -0.15) is 0 Å². The van der Waals surface area contributed by atoms with Crippen molar-refractivity contribution in [2.45, 2.75) is 177 Å². The second kappa shape index (κ2) is 34.6. The van der Waals surface area contributed by atoms with Crippen molar-refractivity contribution in [1.82, 2.24) is 40.8 Å². The summed E-state index contributed by atoms with van der Waals surface area (Å²) in [6.45, 7) is 18.5. The molecule has 1 aliphatic heterocycles. The Morgan fingerprint density at radius 3 is 1.89 bits per heavy atom. The highest BCUT2D eigenvalue weighted by Gasteiger charge is 2.40. The number of benzene rings is 1. The minimum Gasteiger partial charge on any atom is -0.481 e. The number of carbonyl (C=O) groups excluding carboxylic acids is 12. The first-order chi connectivity index (χ1) is 42.0. The lowest BCUT2D eigenvalue weighted by Crippen LogP contribution is -2.52. The molecule has 1 aliphatic rings. The van der Waals surface area contributed by atoms with Crippen molar-refractivity contribution in [2.75, 3.05) is 39.5 Å². The molecule has 1 aromatic carbocycles. The average molecular weight is 1270 g/mol. The van der Waals surface area contributed by atoms with E-state index in [0.717, 1.165) is 11.3 Å². The summed E-state index contributed by atoms with van der Waals surface area (Å²) < 4.78 is 11.6. The summed E-state index contributed by atoms with van der Waals surface area (Å²) in [7, 11) is 5.28. The monoisotopic (exact) mass is 1270 g/mol. The van der Waals surface area contributed by atoms with Crippen LogP contribution in [0, 0.1) is 60.2 Å². The topological polar surface area (TPSA) is 335 Å². The standard InChI is InChI=1S/C64H89N9O16S/c1-18-36(6)45(32-53(77)64(13,14)70(15)16)61(84)71(17)48(35(4)5)33-52(88-42(12)74)60-69-47(34-90-60)59(83)67-44(27-38(8)62(85)86)30-43-21-22-51-46(31-43)68-58(82)37(7)28-49(75)40(10)65-54(78)23-25-72(56(80)19-2)73(57(81)20-3)26-24-55(79)66-41(11)50(76)29-39(9)63(87)89-51/h2-3,21-22,31,34-41,44-45,48,52H,18,23-30,32-33H2,1,4-17H3,(H,65,78)(H,66,79)(H,67,83)(H,68,82)(H,85,86)/t36-,37?,38?,39?,40?,41?,44+,45-,48+,52+/m0/s1. The molecule has 2 aromatic rings. The van der Waals surface area contributed by atoms with E-state index in [1.54, 1.807) is 26.0 Å². The zero-order chi connectivity index (χ0) is 68.2. The third-order valence-corrected chi connectivity index (χ3v) is 17.3. The predicted molar refractivity (Wildman–Crippen MR) is 333 cm³/mol. The molecule has 0 radical (unpaired) electrons. The molecule has 7 amide bonds. The lowest BCUT2D eigenvalue weighted by Gasteiger charge is -2.38. The number of hydrogen-bond donors (Lipinski definition) is 5. The number of anilines is 1. The number of terminal acetylenes is 2. The molecule has 5 unspecified atom stereocenters. The number of carbonyl (C=O) groups is 13. The number of carboxylic acid groups (broad SMARTS) is 1. The number of esters is 2. The average Bonchev–Trinajstić information content (AvgIpc) is 1.45. The maximum atomic E-state index is 14.5. The molecule has 90 heavy (non-hydrogen) atoms. The van der Waals surface area contributed by atoms with Crippen LogP contribution in [0.5, 0.6) is 5.75 Å². The summed E-state index contributed by atoms with van der Waals surface area (Å²) in [5, 5.41) is 23.7. The lowest BCUT2D eigenvalue weighted by atomic mass is 9.81. The quantitative estimate of drug-likeness (QED) is 0.0681. The van der Waals surface area contributed by atoms with E-state index in [2.05, 4.69) is 26.3 Å². The van der Waals surface area contributed by atoms with Crippen molar-refractivity contribution in [3.63, 3.8) is 0 Å². The maximum Gasteiger partial charge on any atom is 0.316 e. The number of amides is 7. The van der Waals surface area contributed by atoms with Gasteiger partial charge in [-0.1, -0.05) is 61.0 Å². The first kappa shape index (κ1) is 75.9. The lowest BCUT2D eigenvalue weighted by molar-refractivity contribution is -0.157. The number of carboxylic acids is 1. The number of rotatable bonds is 20. The number of aliphatic carboxylic acids is 1. The molecule has 0 saturated carbocycles. The van der Waals surface area contributed by atoms with Gasteiger partial charge >= 0.3 is 29.7 Å². The summed E-state index contributed by atoms with van der Waals surface area (Å²) in [6.07, 6.45) is 8.36. The molecule has 10 atom stereocenters. The Bertz CT molecular complexity index is 3090. The van der Waals surface area contributed by atoms with Gasteiger partial charge in [0.25, 0.3) is 5.91 Å². The number of nitrogens with one attached hydrogen (secondary N) is 4. The van der Waals surface area contributed by atoms with E-state index in [-0.39, 0.29) is 71.3 Å². The van der Waals surface area contributed by atoms with E-state index in [9.17, 15) is 67.4 Å². The number of aromatic nitrogens is 1. The van der Waals surface area contributed by atoms with Crippen LogP contribution in [0.1, 0.15) is 162 Å². The third-order valence-electron chi connectivity index (χ3n) is 16.3. The van der Waals surface area contributed by atoms with Gasteiger partial charge in [-0.25, -0.2) is 15.0 Å². The molecule has 1 aromatic heterocycles. The molecule has 26 heteroatoms. The molecule has 25 nitrogen and oxygen atoms in total. The van der Waals surface area contributed by atoms with Crippen LogP contribution in [-0.2, 0) is 68.7 Å². The summed E-state index contributed by atoms with van der Waals surface area (Å²) in [4.78, 5) is 182.